The molecule has 0 aromatic rings. The molecule has 0 saturated heterocycles. The minimum Gasteiger partial charge on any atom is -0.462 e. The van der Waals surface area contributed by atoms with E-state index in [4.69, 9.17) is 14.2 Å². The van der Waals surface area contributed by atoms with Gasteiger partial charge in [0.05, 0.1) is 0 Å². The van der Waals surface area contributed by atoms with Crippen LogP contribution in [0.5, 0.6) is 0 Å². The van der Waals surface area contributed by atoms with Crippen LogP contribution in [0.4, 0.5) is 0 Å². The van der Waals surface area contributed by atoms with Gasteiger partial charge in [0.1, 0.15) is 13.2 Å². The van der Waals surface area contributed by atoms with Gasteiger partial charge in [0.2, 0.25) is 0 Å². The van der Waals surface area contributed by atoms with Crippen molar-refractivity contribution < 1.29 is 28.6 Å². The van der Waals surface area contributed by atoms with E-state index < -0.39 is 6.10 Å². The first-order chi connectivity index (χ1) is 22.5. The summed E-state index contributed by atoms with van der Waals surface area (Å²) in [6.07, 6.45) is 34.0. The van der Waals surface area contributed by atoms with Crippen LogP contribution in [0.25, 0.3) is 0 Å². The van der Waals surface area contributed by atoms with Crippen LogP contribution in [-0.2, 0) is 28.6 Å². The van der Waals surface area contributed by atoms with Crippen molar-refractivity contribution in [3.8, 4) is 0 Å². The van der Waals surface area contributed by atoms with Gasteiger partial charge in [-0.25, -0.2) is 0 Å². The van der Waals surface area contributed by atoms with Crippen molar-refractivity contribution in [3.05, 3.63) is 0 Å². The summed E-state index contributed by atoms with van der Waals surface area (Å²) >= 11 is 0. The fourth-order valence-electron chi connectivity index (χ4n) is 5.79. The highest BCUT2D eigenvalue weighted by Crippen LogP contribution is 2.15. The second-order valence-corrected chi connectivity index (χ2v) is 13.6. The van der Waals surface area contributed by atoms with E-state index in [2.05, 4.69) is 20.8 Å². The van der Waals surface area contributed by atoms with Gasteiger partial charge in [-0.1, -0.05) is 181 Å². The average Bonchev–Trinajstić information content (AvgIpc) is 3.05. The van der Waals surface area contributed by atoms with Gasteiger partial charge in [-0.05, 0) is 19.3 Å². The lowest BCUT2D eigenvalue weighted by molar-refractivity contribution is -0.167. The predicted octanol–water partition coefficient (Wildman–Crippen LogP) is 12.1. The lowest BCUT2D eigenvalue weighted by Gasteiger charge is -2.18. The molecule has 6 heteroatoms. The van der Waals surface area contributed by atoms with Crippen LogP contribution in [0.1, 0.15) is 220 Å². The van der Waals surface area contributed by atoms with E-state index in [-0.39, 0.29) is 31.1 Å². The summed E-state index contributed by atoms with van der Waals surface area (Å²) in [5.41, 5.74) is 0. The number of carbonyl (C=O) groups excluding carboxylic acids is 3. The molecule has 0 bridgehead atoms. The Labute approximate surface area is 285 Å². The third-order valence-electron chi connectivity index (χ3n) is 8.86. The standard InChI is InChI=1S/C40H76O6/c1-4-7-10-13-15-17-19-20-21-23-24-27-30-33-39(42)45-36-37(35-44-38(41)32-29-26-12-9-6-3)46-40(43)34-31-28-25-22-18-16-14-11-8-5-2/h37H,4-36H2,1-3H3. The Hall–Kier alpha value is -1.59. The van der Waals surface area contributed by atoms with Crippen molar-refractivity contribution in [2.45, 2.75) is 226 Å². The van der Waals surface area contributed by atoms with Gasteiger partial charge in [-0.15, -0.1) is 0 Å². The molecule has 0 N–H and O–H groups in total. The van der Waals surface area contributed by atoms with Gasteiger partial charge in [-0.3, -0.25) is 14.4 Å². The van der Waals surface area contributed by atoms with Crippen LogP contribution in [0, 0.1) is 0 Å². The summed E-state index contributed by atoms with van der Waals surface area (Å²) in [6.45, 7) is 6.54. The van der Waals surface area contributed by atoms with E-state index >= 15 is 0 Å². The molecule has 1 unspecified atom stereocenters. The fraction of sp³-hybridized carbons (Fsp3) is 0.925. The third-order valence-corrected chi connectivity index (χ3v) is 8.86. The van der Waals surface area contributed by atoms with Crippen LogP contribution >= 0.6 is 0 Å². The topological polar surface area (TPSA) is 78.9 Å². The van der Waals surface area contributed by atoms with Crippen molar-refractivity contribution >= 4 is 17.9 Å². The highest BCUT2D eigenvalue weighted by atomic mass is 16.6. The van der Waals surface area contributed by atoms with E-state index in [1.807, 2.05) is 0 Å². The van der Waals surface area contributed by atoms with Gasteiger partial charge in [0.15, 0.2) is 6.10 Å². The molecule has 0 aliphatic rings. The minimum atomic E-state index is -0.754. The summed E-state index contributed by atoms with van der Waals surface area (Å²) in [5.74, 6) is -0.876. The second kappa shape index (κ2) is 36.2. The highest BCUT2D eigenvalue weighted by molar-refractivity contribution is 5.71. The summed E-state index contributed by atoms with van der Waals surface area (Å²) < 4.78 is 16.5. The Balaban J connectivity index is 4.23. The summed E-state index contributed by atoms with van der Waals surface area (Å²) in [5, 5.41) is 0. The molecule has 46 heavy (non-hydrogen) atoms. The zero-order chi connectivity index (χ0) is 33.8. The number of esters is 3. The van der Waals surface area contributed by atoms with Crippen LogP contribution in [0.15, 0.2) is 0 Å². The molecule has 0 saturated carbocycles. The maximum Gasteiger partial charge on any atom is 0.306 e. The number of carbonyl (C=O) groups is 3. The molecule has 272 valence electrons. The van der Waals surface area contributed by atoms with Crippen LogP contribution < -0.4 is 0 Å². The number of unbranched alkanes of at least 4 members (excludes halogenated alkanes) is 25. The monoisotopic (exact) mass is 653 g/mol. The first-order valence-corrected chi connectivity index (χ1v) is 20.0. The summed E-state index contributed by atoms with van der Waals surface area (Å²) in [4.78, 5) is 37.2. The molecule has 0 spiro atoms. The molecule has 1 atom stereocenters. The molecule has 0 aliphatic carbocycles. The molecule has 0 aromatic carbocycles. The van der Waals surface area contributed by atoms with Gasteiger partial charge in [0, 0.05) is 19.3 Å². The van der Waals surface area contributed by atoms with Crippen molar-refractivity contribution in [2.75, 3.05) is 13.2 Å². The normalized spacial score (nSPS) is 11.8. The quantitative estimate of drug-likeness (QED) is 0.0381. The molecule has 0 rings (SSSR count). The van der Waals surface area contributed by atoms with Crippen molar-refractivity contribution in [1.82, 2.24) is 0 Å². The van der Waals surface area contributed by atoms with Crippen molar-refractivity contribution in [1.29, 1.82) is 0 Å². The third kappa shape index (κ3) is 33.8. The Bertz CT molecular complexity index is 679. The minimum absolute atomic E-state index is 0.0647. The molecule has 0 amide bonds. The predicted molar refractivity (Wildman–Crippen MR) is 192 cm³/mol. The second-order valence-electron chi connectivity index (χ2n) is 13.6. The van der Waals surface area contributed by atoms with Crippen LogP contribution in [0.3, 0.4) is 0 Å². The van der Waals surface area contributed by atoms with Gasteiger partial charge in [0.25, 0.3) is 0 Å². The molecule has 0 heterocycles. The molecule has 0 aromatic heterocycles. The largest absolute Gasteiger partial charge is 0.462 e. The zero-order valence-electron chi connectivity index (χ0n) is 30.9. The smallest absolute Gasteiger partial charge is 0.306 e. The molecule has 6 nitrogen and oxygen atoms in total. The summed E-state index contributed by atoms with van der Waals surface area (Å²) in [7, 11) is 0. The Morgan fingerprint density at radius 2 is 0.587 bits per heavy atom. The zero-order valence-corrected chi connectivity index (χ0v) is 30.9. The SMILES string of the molecule is CCCCCCCCCCCCCCCC(=O)OCC(COC(=O)CCCCCCC)OC(=O)CCCCCCCCCCCC. The Morgan fingerprint density at radius 1 is 0.348 bits per heavy atom. The molecule has 0 aliphatic heterocycles. The maximum atomic E-state index is 12.6. The molecular formula is C40H76O6. The lowest BCUT2D eigenvalue weighted by Crippen LogP contribution is -2.30. The van der Waals surface area contributed by atoms with Crippen LogP contribution in [0.2, 0.25) is 0 Å². The first kappa shape index (κ1) is 44.4. The number of ether oxygens (including phenoxy) is 3. The van der Waals surface area contributed by atoms with E-state index in [0.717, 1.165) is 64.2 Å². The van der Waals surface area contributed by atoms with Crippen LogP contribution in [-0.4, -0.2) is 37.2 Å². The van der Waals surface area contributed by atoms with E-state index in [1.54, 1.807) is 0 Å². The summed E-state index contributed by atoms with van der Waals surface area (Å²) in [6, 6.07) is 0. The fourth-order valence-corrected chi connectivity index (χ4v) is 5.79. The lowest BCUT2D eigenvalue weighted by atomic mass is 10.0. The van der Waals surface area contributed by atoms with Crippen molar-refractivity contribution in [3.63, 3.8) is 0 Å². The van der Waals surface area contributed by atoms with Crippen molar-refractivity contribution in [2.24, 2.45) is 0 Å². The Morgan fingerprint density at radius 3 is 0.870 bits per heavy atom. The highest BCUT2D eigenvalue weighted by Gasteiger charge is 2.19. The Kier molecular flexibility index (Phi) is 35.0. The van der Waals surface area contributed by atoms with Gasteiger partial charge >= 0.3 is 17.9 Å². The van der Waals surface area contributed by atoms with Gasteiger partial charge in [-0.2, -0.15) is 0 Å². The first-order valence-electron chi connectivity index (χ1n) is 20.0. The maximum absolute atomic E-state index is 12.6. The number of hydrogen-bond acceptors (Lipinski definition) is 6. The molecule has 0 fully saturated rings. The molecular weight excluding hydrogens is 576 g/mol. The van der Waals surface area contributed by atoms with E-state index in [0.29, 0.717) is 19.3 Å². The number of rotatable bonds is 36. The van der Waals surface area contributed by atoms with E-state index in [9.17, 15) is 14.4 Å². The van der Waals surface area contributed by atoms with E-state index in [1.165, 1.54) is 116 Å². The molecule has 0 radical (unpaired) electrons. The average molecular weight is 653 g/mol. The number of hydrogen-bond donors (Lipinski definition) is 0. The van der Waals surface area contributed by atoms with Gasteiger partial charge < -0.3 is 14.2 Å².